The third-order valence-corrected chi connectivity index (χ3v) is 3.00. The average molecular weight is 359 g/mol. The molecule has 3 nitrogen and oxygen atoms in total. The van der Waals surface area contributed by atoms with Crippen LogP contribution in [0.5, 0.6) is 0 Å². The summed E-state index contributed by atoms with van der Waals surface area (Å²) in [6.07, 6.45) is -2.79. The van der Waals surface area contributed by atoms with Gasteiger partial charge in [-0.15, -0.1) is 0 Å². The Morgan fingerprint density at radius 1 is 1.62 bits per heavy atom. The van der Waals surface area contributed by atoms with Crippen LogP contribution in [0.2, 0.25) is 0 Å². The Hall–Kier alpha value is -0.560. The zero-order valence-corrected chi connectivity index (χ0v) is 11.3. The Balaban J connectivity index is 3.40. The van der Waals surface area contributed by atoms with E-state index < -0.39 is 18.0 Å². The fourth-order valence-electron chi connectivity index (χ4n) is 1.13. The predicted molar refractivity (Wildman–Crippen MR) is 60.9 cm³/mol. The van der Waals surface area contributed by atoms with Crippen LogP contribution in [-0.4, -0.2) is 18.1 Å². The van der Waals surface area contributed by atoms with Gasteiger partial charge in [-0.25, -0.2) is 18.6 Å². The second-order valence-electron chi connectivity index (χ2n) is 2.79. The number of esters is 1. The maximum atomic E-state index is 12.7. The number of carbonyl (C=O) groups excluding carboxylic acids is 1. The first-order valence-corrected chi connectivity index (χ1v) is 6.04. The minimum absolute atomic E-state index is 0.0418. The molecule has 7 heteroatoms. The quantitative estimate of drug-likeness (QED) is 0.472. The van der Waals surface area contributed by atoms with Gasteiger partial charge in [0.05, 0.1) is 23.9 Å². The molecule has 1 aromatic rings. The molecule has 0 atom stereocenters. The van der Waals surface area contributed by atoms with Gasteiger partial charge < -0.3 is 4.74 Å². The molecule has 0 aliphatic carbocycles. The number of nitrogens with zero attached hydrogens (tertiary/aromatic N) is 1. The van der Waals surface area contributed by atoms with Crippen molar-refractivity contribution in [2.75, 3.05) is 7.11 Å². The van der Waals surface area contributed by atoms with Gasteiger partial charge in [0, 0.05) is 5.33 Å². The Labute approximate surface area is 107 Å². The molecule has 1 rings (SSSR count). The highest BCUT2D eigenvalue weighted by molar-refractivity contribution is 9.10. The number of carbonyl (C=O) groups is 1. The Morgan fingerprint density at radius 2 is 2.25 bits per heavy atom. The fourth-order valence-corrected chi connectivity index (χ4v) is 2.03. The lowest BCUT2D eigenvalue weighted by Crippen LogP contribution is -2.09. The zero-order valence-electron chi connectivity index (χ0n) is 8.14. The van der Waals surface area contributed by atoms with E-state index in [0.29, 0.717) is 11.0 Å². The van der Waals surface area contributed by atoms with Crippen LogP contribution in [0.3, 0.4) is 0 Å². The number of alkyl halides is 3. The third-order valence-electron chi connectivity index (χ3n) is 1.83. The zero-order chi connectivity index (χ0) is 12.3. The van der Waals surface area contributed by atoms with Crippen molar-refractivity contribution in [1.29, 1.82) is 0 Å². The molecule has 0 radical (unpaired) electrons. The summed E-state index contributed by atoms with van der Waals surface area (Å²) in [6, 6.07) is 1.28. The number of ether oxygens (including phenoxy) is 1. The molecule has 16 heavy (non-hydrogen) atoms. The van der Waals surface area contributed by atoms with Crippen molar-refractivity contribution >= 4 is 37.8 Å². The van der Waals surface area contributed by atoms with Crippen LogP contribution in [-0.2, 0) is 10.1 Å². The van der Waals surface area contributed by atoms with Gasteiger partial charge in [0.15, 0.2) is 0 Å². The lowest BCUT2D eigenvalue weighted by molar-refractivity contribution is 0.0588. The molecule has 0 amide bonds. The van der Waals surface area contributed by atoms with E-state index in [2.05, 4.69) is 41.6 Å². The number of hydrogen-bond donors (Lipinski definition) is 0. The Morgan fingerprint density at radius 3 is 2.69 bits per heavy atom. The number of pyridine rings is 1. The van der Waals surface area contributed by atoms with Crippen LogP contribution in [0, 0.1) is 0 Å². The van der Waals surface area contributed by atoms with Crippen LogP contribution < -0.4 is 0 Å². The topological polar surface area (TPSA) is 39.2 Å². The molecule has 0 N–H and O–H groups in total. The molecule has 0 spiro atoms. The van der Waals surface area contributed by atoms with Crippen molar-refractivity contribution < 1.29 is 18.3 Å². The van der Waals surface area contributed by atoms with Crippen LogP contribution in [0.4, 0.5) is 8.78 Å². The second-order valence-corrected chi connectivity index (χ2v) is 4.10. The molecule has 0 bridgehead atoms. The molecule has 0 fully saturated rings. The number of hydrogen-bond acceptors (Lipinski definition) is 3. The monoisotopic (exact) mass is 357 g/mol. The molecule has 0 aliphatic rings. The molecule has 0 saturated carbocycles. The number of aromatic nitrogens is 1. The van der Waals surface area contributed by atoms with E-state index in [1.165, 1.54) is 6.07 Å². The summed E-state index contributed by atoms with van der Waals surface area (Å²) in [4.78, 5) is 15.2. The van der Waals surface area contributed by atoms with Gasteiger partial charge in [-0.05, 0) is 22.0 Å². The van der Waals surface area contributed by atoms with E-state index in [0.717, 1.165) is 7.11 Å². The summed E-state index contributed by atoms with van der Waals surface area (Å²) in [6.45, 7) is 0. The van der Waals surface area contributed by atoms with Crippen molar-refractivity contribution in [3.05, 3.63) is 27.5 Å². The third kappa shape index (κ3) is 2.76. The summed E-state index contributed by atoms with van der Waals surface area (Å²) in [5.74, 6) is -0.805. The molecule has 0 aliphatic heterocycles. The maximum absolute atomic E-state index is 12.7. The predicted octanol–water partition coefficient (Wildman–Crippen LogP) is 3.46. The summed E-state index contributed by atoms with van der Waals surface area (Å²) >= 11 is 6.05. The first-order valence-electron chi connectivity index (χ1n) is 4.13. The van der Waals surface area contributed by atoms with E-state index >= 15 is 0 Å². The first-order chi connectivity index (χ1) is 7.51. The van der Waals surface area contributed by atoms with Gasteiger partial charge in [-0.3, -0.25) is 0 Å². The van der Waals surface area contributed by atoms with Crippen LogP contribution in [0.1, 0.15) is 28.0 Å². The van der Waals surface area contributed by atoms with Gasteiger partial charge in [-0.1, -0.05) is 15.9 Å². The first kappa shape index (κ1) is 13.5. The van der Waals surface area contributed by atoms with Gasteiger partial charge in [0.2, 0.25) is 0 Å². The second kappa shape index (κ2) is 5.67. The number of halogens is 4. The molecule has 0 saturated heterocycles. The largest absolute Gasteiger partial charge is 0.465 e. The molecule has 1 heterocycles. The van der Waals surface area contributed by atoms with Gasteiger partial charge in [-0.2, -0.15) is 0 Å². The van der Waals surface area contributed by atoms with E-state index in [1.54, 1.807) is 0 Å². The number of rotatable bonds is 3. The molecular weight excluding hydrogens is 352 g/mol. The summed E-state index contributed by atoms with van der Waals surface area (Å²) < 4.78 is 29.9. The number of methoxy groups -OCH3 is 1. The van der Waals surface area contributed by atoms with Crippen molar-refractivity contribution in [3.8, 4) is 0 Å². The van der Waals surface area contributed by atoms with Crippen molar-refractivity contribution in [1.82, 2.24) is 4.98 Å². The van der Waals surface area contributed by atoms with Crippen LogP contribution in [0.25, 0.3) is 0 Å². The van der Waals surface area contributed by atoms with Gasteiger partial charge in [0.1, 0.15) is 4.60 Å². The Kier molecular flexibility index (Phi) is 4.79. The maximum Gasteiger partial charge on any atom is 0.338 e. The minimum Gasteiger partial charge on any atom is -0.465 e. The average Bonchev–Trinajstić information content (AvgIpc) is 2.26. The Bertz CT molecular complexity index is 413. The van der Waals surface area contributed by atoms with E-state index in [-0.39, 0.29) is 10.2 Å². The van der Waals surface area contributed by atoms with Crippen LogP contribution in [0.15, 0.2) is 10.7 Å². The highest BCUT2D eigenvalue weighted by atomic mass is 79.9. The highest BCUT2D eigenvalue weighted by Crippen LogP contribution is 2.30. The summed E-state index contributed by atoms with van der Waals surface area (Å²) in [7, 11) is 1.14. The van der Waals surface area contributed by atoms with Gasteiger partial charge >= 0.3 is 5.97 Å². The fraction of sp³-hybridized carbons (Fsp3) is 0.333. The van der Waals surface area contributed by atoms with Crippen molar-refractivity contribution in [3.63, 3.8) is 0 Å². The van der Waals surface area contributed by atoms with E-state index in [4.69, 9.17) is 0 Å². The standard InChI is InChI=1S/C9H7Br2F2NO2/c1-16-9(15)5-2-4(3-10)14-7(11)6(5)8(12)13/h2,8H,3H2,1H3. The smallest absolute Gasteiger partial charge is 0.338 e. The highest BCUT2D eigenvalue weighted by Gasteiger charge is 2.23. The van der Waals surface area contributed by atoms with Gasteiger partial charge in [0.25, 0.3) is 6.43 Å². The lowest BCUT2D eigenvalue weighted by atomic mass is 10.1. The normalized spacial score (nSPS) is 10.6. The van der Waals surface area contributed by atoms with Crippen LogP contribution >= 0.6 is 31.9 Å². The van der Waals surface area contributed by atoms with Crippen molar-refractivity contribution in [2.45, 2.75) is 11.8 Å². The van der Waals surface area contributed by atoms with E-state index in [9.17, 15) is 13.6 Å². The molecular formula is C9H7Br2F2NO2. The SMILES string of the molecule is COC(=O)c1cc(CBr)nc(Br)c1C(F)F. The molecule has 88 valence electrons. The molecule has 1 aromatic heterocycles. The summed E-state index contributed by atoms with van der Waals surface area (Å²) in [5.41, 5.74) is -0.151. The summed E-state index contributed by atoms with van der Waals surface area (Å²) in [5, 5.41) is 0.360. The lowest BCUT2D eigenvalue weighted by Gasteiger charge is -2.10. The molecule has 0 aromatic carbocycles. The minimum atomic E-state index is -2.79. The van der Waals surface area contributed by atoms with Crippen molar-refractivity contribution in [2.24, 2.45) is 0 Å². The molecule has 0 unspecified atom stereocenters. The van der Waals surface area contributed by atoms with E-state index in [1.807, 2.05) is 0 Å².